The molecule has 0 aromatic heterocycles. The van der Waals surface area contributed by atoms with E-state index in [4.69, 9.17) is 0 Å². The van der Waals surface area contributed by atoms with Gasteiger partial charge >= 0.3 is 6.03 Å². The summed E-state index contributed by atoms with van der Waals surface area (Å²) in [5.74, 6) is 0. The van der Waals surface area contributed by atoms with Gasteiger partial charge in [0, 0.05) is 17.9 Å². The molecule has 1 aromatic carbocycles. The van der Waals surface area contributed by atoms with E-state index in [1.807, 2.05) is 50.4 Å². The van der Waals surface area contributed by atoms with Gasteiger partial charge in [0.15, 0.2) is 0 Å². The Morgan fingerprint density at radius 1 is 1.27 bits per heavy atom. The lowest BCUT2D eigenvalue weighted by molar-refractivity contribution is 0.220. The molecule has 0 radical (unpaired) electrons. The van der Waals surface area contributed by atoms with Crippen molar-refractivity contribution >= 4 is 17.8 Å². The highest BCUT2D eigenvalue weighted by atomic mass is 16.2. The normalized spacial score (nSPS) is 14.9. The molecule has 2 rings (SSSR count). The fraction of sp³-hybridized carbons (Fsp3) is 0.250. The second-order valence-corrected chi connectivity index (χ2v) is 3.83. The third-order valence-corrected chi connectivity index (χ3v) is 2.41. The molecule has 1 aliphatic heterocycles. The number of para-hydroxylation sites is 1. The van der Waals surface area contributed by atoms with E-state index in [0.717, 1.165) is 11.3 Å². The Balaban J connectivity index is 2.37. The largest absolute Gasteiger partial charge is 0.326 e. The molecule has 0 atom stereocenters. The summed E-state index contributed by atoms with van der Waals surface area (Å²) in [5.41, 5.74) is 1.90. The zero-order chi connectivity index (χ0) is 10.8. The van der Waals surface area contributed by atoms with E-state index in [-0.39, 0.29) is 12.1 Å². The fourth-order valence-electron chi connectivity index (χ4n) is 1.57. The van der Waals surface area contributed by atoms with E-state index in [1.165, 1.54) is 0 Å². The van der Waals surface area contributed by atoms with Crippen molar-refractivity contribution in [1.29, 1.82) is 0 Å². The van der Waals surface area contributed by atoms with Gasteiger partial charge in [0.2, 0.25) is 0 Å². The number of urea groups is 1. The van der Waals surface area contributed by atoms with Gasteiger partial charge in [-0.3, -0.25) is 4.90 Å². The van der Waals surface area contributed by atoms with E-state index < -0.39 is 0 Å². The van der Waals surface area contributed by atoms with Crippen molar-refractivity contribution < 1.29 is 4.79 Å². The van der Waals surface area contributed by atoms with Crippen molar-refractivity contribution in [3.05, 3.63) is 36.0 Å². The predicted octanol–water partition coefficient (Wildman–Crippen LogP) is 2.91. The van der Waals surface area contributed by atoms with Gasteiger partial charge in [-0.1, -0.05) is 18.2 Å². The molecule has 15 heavy (non-hydrogen) atoms. The molecule has 2 amide bonds. The van der Waals surface area contributed by atoms with E-state index in [9.17, 15) is 4.79 Å². The Morgan fingerprint density at radius 2 is 2.00 bits per heavy atom. The number of fused-ring (bicyclic) bond motifs is 1. The summed E-state index contributed by atoms with van der Waals surface area (Å²) < 4.78 is 0. The summed E-state index contributed by atoms with van der Waals surface area (Å²) in [6.45, 7) is 3.97. The van der Waals surface area contributed by atoms with Crippen LogP contribution in [0.2, 0.25) is 0 Å². The minimum atomic E-state index is -0.0776. The summed E-state index contributed by atoms with van der Waals surface area (Å²) in [7, 11) is 0. The first-order valence-electron chi connectivity index (χ1n) is 5.05. The number of nitrogens with one attached hydrogen (secondary N) is 1. The number of benzene rings is 1. The van der Waals surface area contributed by atoms with Gasteiger partial charge in [-0.2, -0.15) is 0 Å². The van der Waals surface area contributed by atoms with Gasteiger partial charge in [-0.25, -0.2) is 4.79 Å². The molecule has 1 N–H and O–H groups in total. The standard InChI is InChI=1S/C12H14N2O/c1-9(2)14-8-7-10-5-3-4-6-11(10)13-12(14)15/h3-9H,1-2H3,(H,13,15). The Hall–Kier alpha value is -1.77. The number of rotatable bonds is 1. The predicted molar refractivity (Wildman–Crippen MR) is 61.5 cm³/mol. The molecular formula is C12H14N2O. The van der Waals surface area contributed by atoms with Gasteiger partial charge in [0.05, 0.1) is 0 Å². The van der Waals surface area contributed by atoms with Crippen LogP contribution in [-0.4, -0.2) is 17.0 Å². The molecule has 0 bridgehead atoms. The lowest BCUT2D eigenvalue weighted by Gasteiger charge is -2.21. The third-order valence-electron chi connectivity index (χ3n) is 2.41. The topological polar surface area (TPSA) is 32.3 Å². The van der Waals surface area contributed by atoms with Crippen LogP contribution in [0.25, 0.3) is 6.08 Å². The number of carbonyl (C=O) groups excluding carboxylic acids is 1. The number of carbonyl (C=O) groups is 1. The van der Waals surface area contributed by atoms with Crippen molar-refractivity contribution in [3.8, 4) is 0 Å². The van der Waals surface area contributed by atoms with E-state index in [0.29, 0.717) is 0 Å². The quantitative estimate of drug-likeness (QED) is 0.746. The first kappa shape index (κ1) is 9.77. The van der Waals surface area contributed by atoms with Crippen LogP contribution in [0.4, 0.5) is 10.5 Å². The maximum atomic E-state index is 11.8. The van der Waals surface area contributed by atoms with Crippen LogP contribution in [0.3, 0.4) is 0 Å². The molecule has 0 spiro atoms. The highest BCUT2D eigenvalue weighted by molar-refractivity contribution is 5.94. The van der Waals surface area contributed by atoms with Crippen molar-refractivity contribution in [1.82, 2.24) is 4.90 Å². The van der Waals surface area contributed by atoms with Gasteiger partial charge in [0.25, 0.3) is 0 Å². The third kappa shape index (κ3) is 1.86. The fourth-order valence-corrected chi connectivity index (χ4v) is 1.57. The number of hydrogen-bond acceptors (Lipinski definition) is 1. The van der Waals surface area contributed by atoms with Gasteiger partial charge in [-0.15, -0.1) is 0 Å². The molecule has 3 nitrogen and oxygen atoms in total. The number of anilines is 1. The zero-order valence-corrected chi connectivity index (χ0v) is 8.90. The van der Waals surface area contributed by atoms with E-state index in [2.05, 4.69) is 5.32 Å². The summed E-state index contributed by atoms with van der Waals surface area (Å²) in [5, 5.41) is 2.88. The van der Waals surface area contributed by atoms with Crippen LogP contribution < -0.4 is 5.32 Å². The monoisotopic (exact) mass is 202 g/mol. The molecule has 0 aliphatic carbocycles. The maximum Gasteiger partial charge on any atom is 0.326 e. The highest BCUT2D eigenvalue weighted by Gasteiger charge is 2.17. The molecule has 1 aliphatic rings. The average molecular weight is 202 g/mol. The molecular weight excluding hydrogens is 188 g/mol. The van der Waals surface area contributed by atoms with Gasteiger partial charge in [0.1, 0.15) is 0 Å². The summed E-state index contributed by atoms with van der Waals surface area (Å²) in [6.07, 6.45) is 3.78. The van der Waals surface area contributed by atoms with Crippen molar-refractivity contribution in [2.45, 2.75) is 19.9 Å². The number of hydrogen-bond donors (Lipinski definition) is 1. The molecule has 0 fully saturated rings. The first-order valence-corrected chi connectivity index (χ1v) is 5.05. The van der Waals surface area contributed by atoms with Crippen LogP contribution in [-0.2, 0) is 0 Å². The van der Waals surface area contributed by atoms with Gasteiger partial charge in [-0.05, 0) is 31.6 Å². The minimum absolute atomic E-state index is 0.0776. The van der Waals surface area contributed by atoms with Crippen molar-refractivity contribution in [2.75, 3.05) is 5.32 Å². The van der Waals surface area contributed by atoms with Crippen LogP contribution in [0.5, 0.6) is 0 Å². The highest BCUT2D eigenvalue weighted by Crippen LogP contribution is 2.21. The summed E-state index contributed by atoms with van der Waals surface area (Å²) >= 11 is 0. The maximum absolute atomic E-state index is 11.8. The number of amides is 2. The minimum Gasteiger partial charge on any atom is -0.307 e. The summed E-state index contributed by atoms with van der Waals surface area (Å²) in [6, 6.07) is 7.84. The van der Waals surface area contributed by atoms with Crippen LogP contribution in [0.15, 0.2) is 30.5 Å². The second kappa shape index (κ2) is 3.77. The number of nitrogens with zero attached hydrogens (tertiary/aromatic N) is 1. The van der Waals surface area contributed by atoms with Crippen molar-refractivity contribution in [3.63, 3.8) is 0 Å². The Labute approximate surface area is 89.4 Å². The Kier molecular flexibility index (Phi) is 2.46. The van der Waals surface area contributed by atoms with E-state index >= 15 is 0 Å². The lowest BCUT2D eigenvalue weighted by Crippen LogP contribution is -2.34. The molecule has 1 aromatic rings. The summed E-state index contributed by atoms with van der Waals surface area (Å²) in [4.78, 5) is 13.5. The van der Waals surface area contributed by atoms with E-state index in [1.54, 1.807) is 4.90 Å². The first-order chi connectivity index (χ1) is 7.18. The zero-order valence-electron chi connectivity index (χ0n) is 8.90. The molecule has 0 unspecified atom stereocenters. The van der Waals surface area contributed by atoms with Crippen LogP contribution in [0, 0.1) is 0 Å². The molecule has 0 saturated carbocycles. The van der Waals surface area contributed by atoms with Gasteiger partial charge < -0.3 is 5.32 Å². The Morgan fingerprint density at radius 3 is 2.73 bits per heavy atom. The van der Waals surface area contributed by atoms with Crippen LogP contribution >= 0.6 is 0 Å². The lowest BCUT2D eigenvalue weighted by atomic mass is 10.2. The Bertz CT molecular complexity index is 410. The molecule has 0 saturated heterocycles. The average Bonchev–Trinajstić information content (AvgIpc) is 2.35. The smallest absolute Gasteiger partial charge is 0.307 e. The SMILES string of the molecule is CC(C)N1C=Cc2ccccc2NC1=O. The molecule has 3 heteroatoms. The molecule has 78 valence electrons. The second-order valence-electron chi connectivity index (χ2n) is 3.83. The van der Waals surface area contributed by atoms with Crippen molar-refractivity contribution in [2.24, 2.45) is 0 Å². The van der Waals surface area contributed by atoms with Crippen LogP contribution in [0.1, 0.15) is 19.4 Å². The molecule has 1 heterocycles.